The van der Waals surface area contributed by atoms with E-state index in [0.29, 0.717) is 42.9 Å². The third-order valence-electron chi connectivity index (χ3n) is 5.44. The van der Waals surface area contributed by atoms with Gasteiger partial charge in [-0.05, 0) is 30.7 Å². The van der Waals surface area contributed by atoms with Crippen LogP contribution in [0, 0.1) is 0 Å². The second kappa shape index (κ2) is 8.51. The minimum absolute atomic E-state index is 0.118. The fraction of sp³-hybridized carbons (Fsp3) is 0.273. The van der Waals surface area contributed by atoms with Crippen LogP contribution in [0.2, 0.25) is 0 Å². The molecule has 2 heterocycles. The molecule has 30 heavy (non-hydrogen) atoms. The summed E-state index contributed by atoms with van der Waals surface area (Å²) in [5.74, 6) is 0.596. The summed E-state index contributed by atoms with van der Waals surface area (Å²) < 4.78 is 26.8. The Kier molecular flexibility index (Phi) is 5.80. The van der Waals surface area contributed by atoms with Gasteiger partial charge in [0, 0.05) is 31.6 Å². The van der Waals surface area contributed by atoms with E-state index in [4.69, 9.17) is 0 Å². The Labute approximate surface area is 175 Å². The first-order valence-electron chi connectivity index (χ1n) is 9.90. The normalized spacial score (nSPS) is 17.5. The maximum absolute atomic E-state index is 12.7. The molecule has 4 rings (SSSR count). The standard InChI is InChI=1S/C22H24N4O3S/c1-17(21-23-20-10-6-5-9-19(20)22(27)24-21)25-12-14-26(15-13-25)30(28,29)16-11-18-7-3-2-4-8-18/h2-11,16-17H,12-15H2,1H3,(H,23,24,27)/b16-11+. The molecule has 2 aromatic carbocycles. The largest absolute Gasteiger partial charge is 0.309 e. The minimum atomic E-state index is -3.48. The summed E-state index contributed by atoms with van der Waals surface area (Å²) >= 11 is 0. The molecule has 156 valence electrons. The van der Waals surface area contributed by atoms with Crippen molar-refractivity contribution < 1.29 is 8.42 Å². The number of hydrogen-bond acceptors (Lipinski definition) is 5. The summed E-state index contributed by atoms with van der Waals surface area (Å²) in [7, 11) is -3.48. The summed E-state index contributed by atoms with van der Waals surface area (Å²) in [6.07, 6.45) is 1.62. The van der Waals surface area contributed by atoms with Crippen LogP contribution in [0.3, 0.4) is 0 Å². The van der Waals surface area contributed by atoms with Crippen molar-refractivity contribution in [3.63, 3.8) is 0 Å². The Morgan fingerprint density at radius 3 is 2.40 bits per heavy atom. The van der Waals surface area contributed by atoms with Crippen molar-refractivity contribution >= 4 is 27.0 Å². The zero-order valence-corrected chi connectivity index (χ0v) is 17.5. The van der Waals surface area contributed by atoms with E-state index >= 15 is 0 Å². The van der Waals surface area contributed by atoms with Gasteiger partial charge in [-0.15, -0.1) is 0 Å². The molecule has 1 saturated heterocycles. The van der Waals surface area contributed by atoms with E-state index in [-0.39, 0.29) is 11.6 Å². The number of benzene rings is 2. The average molecular weight is 425 g/mol. The molecule has 7 nitrogen and oxygen atoms in total. The highest BCUT2D eigenvalue weighted by Gasteiger charge is 2.28. The molecule has 0 aliphatic carbocycles. The Morgan fingerprint density at radius 1 is 1.00 bits per heavy atom. The highest BCUT2D eigenvalue weighted by Crippen LogP contribution is 2.21. The Bertz CT molecular complexity index is 1210. The van der Waals surface area contributed by atoms with Crippen molar-refractivity contribution in [2.24, 2.45) is 0 Å². The van der Waals surface area contributed by atoms with Crippen LogP contribution in [0.15, 0.2) is 64.8 Å². The summed E-state index contributed by atoms with van der Waals surface area (Å²) in [4.78, 5) is 22.0. The van der Waals surface area contributed by atoms with Crippen molar-refractivity contribution in [2.45, 2.75) is 13.0 Å². The van der Waals surface area contributed by atoms with Crippen LogP contribution in [0.4, 0.5) is 0 Å². The van der Waals surface area contributed by atoms with Crippen LogP contribution in [-0.4, -0.2) is 53.8 Å². The molecule has 0 saturated carbocycles. The lowest BCUT2D eigenvalue weighted by Gasteiger charge is -2.36. The second-order valence-corrected chi connectivity index (χ2v) is 9.16. The highest BCUT2D eigenvalue weighted by molar-refractivity contribution is 7.92. The molecular weight excluding hydrogens is 400 g/mol. The van der Waals surface area contributed by atoms with Crippen LogP contribution >= 0.6 is 0 Å². The van der Waals surface area contributed by atoms with Crippen molar-refractivity contribution in [3.05, 3.63) is 81.7 Å². The second-order valence-electron chi connectivity index (χ2n) is 7.34. The van der Waals surface area contributed by atoms with Gasteiger partial charge >= 0.3 is 0 Å². The summed E-state index contributed by atoms with van der Waals surface area (Å²) in [5, 5.41) is 1.83. The first-order valence-corrected chi connectivity index (χ1v) is 11.4. The van der Waals surface area contributed by atoms with Gasteiger partial charge < -0.3 is 4.98 Å². The van der Waals surface area contributed by atoms with Gasteiger partial charge in [0.15, 0.2) is 0 Å². The first kappa shape index (κ1) is 20.5. The number of aromatic nitrogens is 2. The molecule has 0 bridgehead atoms. The van der Waals surface area contributed by atoms with Gasteiger partial charge in [0.05, 0.1) is 16.9 Å². The van der Waals surface area contributed by atoms with Gasteiger partial charge in [0.2, 0.25) is 10.0 Å². The van der Waals surface area contributed by atoms with E-state index < -0.39 is 10.0 Å². The molecule has 1 aliphatic rings. The summed E-state index contributed by atoms with van der Waals surface area (Å²) in [5.41, 5.74) is 1.35. The number of nitrogens with zero attached hydrogens (tertiary/aromatic N) is 3. The van der Waals surface area contributed by atoms with Crippen LogP contribution in [-0.2, 0) is 10.0 Å². The molecule has 1 unspecified atom stereocenters. The fourth-order valence-corrected chi connectivity index (χ4v) is 4.81. The topological polar surface area (TPSA) is 86.4 Å². The van der Waals surface area contributed by atoms with Gasteiger partial charge in [-0.25, -0.2) is 13.4 Å². The lowest BCUT2D eigenvalue weighted by Crippen LogP contribution is -2.49. The fourth-order valence-electron chi connectivity index (χ4n) is 3.64. The van der Waals surface area contributed by atoms with Crippen LogP contribution in [0.25, 0.3) is 17.0 Å². The zero-order valence-electron chi connectivity index (χ0n) is 16.7. The van der Waals surface area contributed by atoms with E-state index in [9.17, 15) is 13.2 Å². The molecule has 1 aromatic heterocycles. The van der Waals surface area contributed by atoms with Gasteiger partial charge in [-0.1, -0.05) is 42.5 Å². The van der Waals surface area contributed by atoms with Crippen molar-refractivity contribution in [2.75, 3.05) is 26.2 Å². The quantitative estimate of drug-likeness (QED) is 0.680. The zero-order chi connectivity index (χ0) is 21.1. The van der Waals surface area contributed by atoms with Crippen molar-refractivity contribution in [3.8, 4) is 0 Å². The molecule has 1 aliphatic heterocycles. The van der Waals surface area contributed by atoms with Gasteiger partial charge in [0.1, 0.15) is 5.82 Å². The lowest BCUT2D eigenvalue weighted by atomic mass is 10.2. The third kappa shape index (κ3) is 4.35. The predicted octanol–water partition coefficient (Wildman–Crippen LogP) is 2.60. The van der Waals surface area contributed by atoms with Crippen LogP contribution < -0.4 is 5.56 Å². The number of hydrogen-bond donors (Lipinski definition) is 1. The third-order valence-corrected chi connectivity index (χ3v) is 7.00. The molecule has 0 radical (unpaired) electrons. The number of nitrogens with one attached hydrogen (secondary N) is 1. The minimum Gasteiger partial charge on any atom is -0.309 e. The predicted molar refractivity (Wildman–Crippen MR) is 118 cm³/mol. The van der Waals surface area contributed by atoms with E-state index in [2.05, 4.69) is 14.9 Å². The van der Waals surface area contributed by atoms with Gasteiger partial charge in [0.25, 0.3) is 5.56 Å². The average Bonchev–Trinajstić information content (AvgIpc) is 2.78. The lowest BCUT2D eigenvalue weighted by molar-refractivity contribution is 0.142. The van der Waals surface area contributed by atoms with E-state index in [1.165, 1.54) is 9.71 Å². The number of para-hydroxylation sites is 1. The SMILES string of the molecule is CC(c1nc2ccccc2c(=O)[nH]1)N1CCN(S(=O)(=O)/C=C/c2ccccc2)CC1. The summed E-state index contributed by atoms with van der Waals surface area (Å²) in [6, 6.07) is 16.5. The molecule has 0 spiro atoms. The van der Waals surface area contributed by atoms with Gasteiger partial charge in [-0.2, -0.15) is 4.31 Å². The molecule has 8 heteroatoms. The summed E-state index contributed by atoms with van der Waals surface area (Å²) in [6.45, 7) is 3.89. The number of sulfonamides is 1. The molecule has 1 N–H and O–H groups in total. The molecule has 0 amide bonds. The number of piperazine rings is 1. The Hall–Kier alpha value is -2.81. The molecule has 3 aromatic rings. The van der Waals surface area contributed by atoms with E-state index in [1.807, 2.05) is 55.5 Å². The van der Waals surface area contributed by atoms with Crippen LogP contribution in [0.1, 0.15) is 24.4 Å². The smallest absolute Gasteiger partial charge is 0.258 e. The molecule has 1 atom stereocenters. The Balaban J connectivity index is 1.44. The number of rotatable bonds is 5. The van der Waals surface area contributed by atoms with E-state index in [0.717, 1.165) is 5.56 Å². The van der Waals surface area contributed by atoms with Crippen molar-refractivity contribution in [1.82, 2.24) is 19.2 Å². The molecule has 1 fully saturated rings. The van der Waals surface area contributed by atoms with Gasteiger partial charge in [-0.3, -0.25) is 9.69 Å². The monoisotopic (exact) mass is 424 g/mol. The Morgan fingerprint density at radius 2 is 1.67 bits per heavy atom. The number of H-pyrrole nitrogens is 1. The number of aromatic amines is 1. The van der Waals surface area contributed by atoms with Crippen LogP contribution in [0.5, 0.6) is 0 Å². The number of fused-ring (bicyclic) bond motifs is 1. The maximum atomic E-state index is 12.7. The van der Waals surface area contributed by atoms with Crippen molar-refractivity contribution in [1.29, 1.82) is 0 Å². The highest BCUT2D eigenvalue weighted by atomic mass is 32.2. The van der Waals surface area contributed by atoms with E-state index in [1.54, 1.807) is 12.1 Å². The first-order chi connectivity index (χ1) is 14.4. The molecular formula is C22H24N4O3S. The maximum Gasteiger partial charge on any atom is 0.258 e.